The lowest BCUT2D eigenvalue weighted by atomic mass is 10.0. The number of amides is 3. The fraction of sp³-hybridized carbons (Fsp3) is 0.722. The molecule has 0 saturated heterocycles. The number of carbonyl (C=O) groups is 4. The molecule has 0 rings (SSSR count). The number of hydrogen-bond donors (Lipinski definition) is 7. The third kappa shape index (κ3) is 11.2. The highest BCUT2D eigenvalue weighted by atomic mass is 16.4. The summed E-state index contributed by atoms with van der Waals surface area (Å²) in [6, 6.07) is -3.83. The predicted molar refractivity (Wildman–Crippen MR) is 112 cm³/mol. The molecule has 0 fully saturated rings. The maximum Gasteiger partial charge on any atom is 0.325 e. The van der Waals surface area contributed by atoms with Gasteiger partial charge in [0.05, 0.1) is 6.04 Å². The van der Waals surface area contributed by atoms with Crippen LogP contribution in [0.1, 0.15) is 47.0 Å². The zero-order valence-electron chi connectivity index (χ0n) is 18.0. The van der Waals surface area contributed by atoms with Gasteiger partial charge in [-0.1, -0.05) is 13.8 Å². The number of aliphatic carboxylic acids is 1. The van der Waals surface area contributed by atoms with Gasteiger partial charge in [0, 0.05) is 6.54 Å². The van der Waals surface area contributed by atoms with Crippen molar-refractivity contribution in [2.75, 3.05) is 6.54 Å². The molecule has 0 aromatic rings. The van der Waals surface area contributed by atoms with Crippen molar-refractivity contribution in [2.24, 2.45) is 28.1 Å². The molecule has 4 unspecified atom stereocenters. The van der Waals surface area contributed by atoms with Crippen LogP contribution in [0.3, 0.4) is 0 Å². The predicted octanol–water partition coefficient (Wildman–Crippen LogP) is -2.01. The third-order valence-electron chi connectivity index (χ3n) is 4.13. The summed E-state index contributed by atoms with van der Waals surface area (Å²) in [6.07, 6.45) is 1.15. The first kappa shape index (κ1) is 27.1. The molecule has 0 aliphatic heterocycles. The van der Waals surface area contributed by atoms with Gasteiger partial charge >= 0.3 is 5.97 Å². The molecule has 0 aliphatic carbocycles. The summed E-state index contributed by atoms with van der Waals surface area (Å²) in [6.45, 7) is 6.83. The highest BCUT2D eigenvalue weighted by Gasteiger charge is 2.27. The van der Waals surface area contributed by atoms with E-state index in [1.165, 1.54) is 13.8 Å². The van der Waals surface area contributed by atoms with E-state index in [4.69, 9.17) is 22.3 Å². The Morgan fingerprint density at radius 2 is 1.47 bits per heavy atom. The Balaban J connectivity index is 4.86. The Labute approximate surface area is 176 Å². The lowest BCUT2D eigenvalue weighted by Gasteiger charge is -2.24. The van der Waals surface area contributed by atoms with Gasteiger partial charge in [-0.15, -0.1) is 0 Å². The van der Waals surface area contributed by atoms with Gasteiger partial charge in [0.2, 0.25) is 17.7 Å². The van der Waals surface area contributed by atoms with Gasteiger partial charge in [0.15, 0.2) is 5.96 Å². The topological polar surface area (TPSA) is 215 Å². The fourth-order valence-corrected chi connectivity index (χ4v) is 2.41. The molecule has 0 aliphatic rings. The van der Waals surface area contributed by atoms with Crippen molar-refractivity contribution >= 4 is 29.7 Å². The summed E-state index contributed by atoms with van der Waals surface area (Å²) in [5, 5.41) is 16.2. The number of aliphatic imine (C=N–C) groups is 1. The van der Waals surface area contributed by atoms with Crippen LogP contribution in [-0.4, -0.2) is 65.5 Å². The van der Waals surface area contributed by atoms with Gasteiger partial charge in [-0.2, -0.15) is 0 Å². The Bertz CT molecular complexity index is 634. The Morgan fingerprint density at radius 1 is 0.900 bits per heavy atom. The van der Waals surface area contributed by atoms with E-state index in [2.05, 4.69) is 20.9 Å². The monoisotopic (exact) mass is 429 g/mol. The molecule has 30 heavy (non-hydrogen) atoms. The average Bonchev–Trinajstić information content (AvgIpc) is 2.63. The maximum absolute atomic E-state index is 12.6. The van der Waals surface area contributed by atoms with Gasteiger partial charge in [0.1, 0.15) is 18.1 Å². The van der Waals surface area contributed by atoms with Crippen LogP contribution in [0, 0.1) is 5.92 Å². The number of guanidine groups is 1. The van der Waals surface area contributed by atoms with Crippen molar-refractivity contribution < 1.29 is 24.3 Å². The minimum absolute atomic E-state index is 0.0439. The molecule has 0 spiro atoms. The largest absolute Gasteiger partial charge is 0.480 e. The van der Waals surface area contributed by atoms with Crippen molar-refractivity contribution in [3.05, 3.63) is 0 Å². The molecule has 3 amide bonds. The SMILES string of the molecule is CC(C)CC(NC(=O)C(N)CCCN=C(N)N)C(=O)NC(C)C(=O)NC(C)C(=O)O. The first-order valence-electron chi connectivity index (χ1n) is 9.80. The molecule has 0 saturated carbocycles. The quantitative estimate of drug-likeness (QED) is 0.0983. The summed E-state index contributed by atoms with van der Waals surface area (Å²) >= 11 is 0. The van der Waals surface area contributed by atoms with Crippen LogP contribution in [0.4, 0.5) is 0 Å². The van der Waals surface area contributed by atoms with E-state index in [9.17, 15) is 19.2 Å². The van der Waals surface area contributed by atoms with Gasteiger partial charge in [-0.25, -0.2) is 0 Å². The average molecular weight is 430 g/mol. The second kappa shape index (κ2) is 13.4. The van der Waals surface area contributed by atoms with Crippen LogP contribution in [-0.2, 0) is 19.2 Å². The Morgan fingerprint density at radius 3 is 1.97 bits per heavy atom. The Hall–Kier alpha value is -2.89. The summed E-state index contributed by atoms with van der Waals surface area (Å²) in [5.41, 5.74) is 16.3. The molecular formula is C18H35N7O5. The molecule has 0 bridgehead atoms. The number of carbonyl (C=O) groups excluding carboxylic acids is 3. The lowest BCUT2D eigenvalue weighted by molar-refractivity contribution is -0.141. The van der Waals surface area contributed by atoms with Crippen LogP contribution in [0.15, 0.2) is 4.99 Å². The van der Waals surface area contributed by atoms with Crippen LogP contribution < -0.4 is 33.2 Å². The van der Waals surface area contributed by atoms with Crippen LogP contribution in [0.5, 0.6) is 0 Å². The molecule has 4 atom stereocenters. The van der Waals surface area contributed by atoms with E-state index in [0.717, 1.165) is 0 Å². The number of carboxylic acids is 1. The van der Waals surface area contributed by atoms with Gasteiger partial charge in [-0.3, -0.25) is 24.2 Å². The highest BCUT2D eigenvalue weighted by Crippen LogP contribution is 2.07. The first-order valence-corrected chi connectivity index (χ1v) is 9.80. The highest BCUT2D eigenvalue weighted by molar-refractivity contribution is 5.93. The molecule has 12 nitrogen and oxygen atoms in total. The van der Waals surface area contributed by atoms with Crippen LogP contribution >= 0.6 is 0 Å². The van der Waals surface area contributed by atoms with Crippen molar-refractivity contribution in [3.63, 3.8) is 0 Å². The normalized spacial score (nSPS) is 14.7. The molecule has 12 heteroatoms. The van der Waals surface area contributed by atoms with Crippen molar-refractivity contribution in [1.82, 2.24) is 16.0 Å². The Kier molecular flexibility index (Phi) is 12.1. The molecular weight excluding hydrogens is 394 g/mol. The van der Waals surface area contributed by atoms with Crippen LogP contribution in [0.25, 0.3) is 0 Å². The number of nitrogens with one attached hydrogen (secondary N) is 3. The second-order valence-corrected chi connectivity index (χ2v) is 7.54. The summed E-state index contributed by atoms with van der Waals surface area (Å²) in [7, 11) is 0. The molecule has 0 aromatic heterocycles. The minimum Gasteiger partial charge on any atom is -0.480 e. The van der Waals surface area contributed by atoms with E-state index in [0.29, 0.717) is 25.8 Å². The standard InChI is InChI=1S/C18H35N7O5/c1-9(2)8-13(25-15(27)12(19)6-5-7-22-18(20)21)16(28)23-10(3)14(26)24-11(4)17(29)30/h9-13H,5-8,19H2,1-4H3,(H,23,28)(H,24,26)(H,25,27)(H,29,30)(H4,20,21,22). The summed E-state index contributed by atoms with van der Waals surface area (Å²) in [5.74, 6) is -2.87. The first-order chi connectivity index (χ1) is 13.8. The van der Waals surface area contributed by atoms with E-state index in [1.807, 2.05) is 13.8 Å². The van der Waals surface area contributed by atoms with Crippen LogP contribution in [0.2, 0.25) is 0 Å². The maximum atomic E-state index is 12.6. The fourth-order valence-electron chi connectivity index (χ4n) is 2.41. The van der Waals surface area contributed by atoms with Crippen molar-refractivity contribution in [2.45, 2.75) is 71.1 Å². The number of nitrogens with zero attached hydrogens (tertiary/aromatic N) is 1. The van der Waals surface area contributed by atoms with E-state index in [1.54, 1.807) is 0 Å². The van der Waals surface area contributed by atoms with E-state index >= 15 is 0 Å². The number of nitrogens with two attached hydrogens (primary N) is 3. The van der Waals surface area contributed by atoms with E-state index < -0.39 is 47.9 Å². The van der Waals surface area contributed by atoms with Gasteiger partial charge < -0.3 is 38.3 Å². The molecule has 0 heterocycles. The molecule has 0 aromatic carbocycles. The molecule has 172 valence electrons. The third-order valence-corrected chi connectivity index (χ3v) is 4.13. The second-order valence-electron chi connectivity index (χ2n) is 7.54. The zero-order valence-corrected chi connectivity index (χ0v) is 18.0. The number of carboxylic acid groups (broad SMARTS) is 1. The minimum atomic E-state index is -1.19. The molecule has 10 N–H and O–H groups in total. The van der Waals surface area contributed by atoms with Crippen molar-refractivity contribution in [3.8, 4) is 0 Å². The number of hydrogen-bond acceptors (Lipinski definition) is 6. The summed E-state index contributed by atoms with van der Waals surface area (Å²) in [4.78, 5) is 51.7. The number of rotatable bonds is 13. The zero-order chi connectivity index (χ0) is 23.4. The van der Waals surface area contributed by atoms with Gasteiger partial charge in [0.25, 0.3) is 0 Å². The summed E-state index contributed by atoms with van der Waals surface area (Å²) < 4.78 is 0. The van der Waals surface area contributed by atoms with Gasteiger partial charge in [-0.05, 0) is 39.0 Å². The van der Waals surface area contributed by atoms with Crippen molar-refractivity contribution in [1.29, 1.82) is 0 Å². The smallest absolute Gasteiger partial charge is 0.325 e. The lowest BCUT2D eigenvalue weighted by Crippen LogP contribution is -2.56. The van der Waals surface area contributed by atoms with E-state index in [-0.39, 0.29) is 11.9 Å². The molecule has 0 radical (unpaired) electrons.